The van der Waals surface area contributed by atoms with E-state index in [1.54, 1.807) is 17.4 Å². The van der Waals surface area contributed by atoms with Gasteiger partial charge in [0.25, 0.3) is 5.56 Å². The van der Waals surface area contributed by atoms with E-state index in [0.717, 1.165) is 22.2 Å². The minimum Gasteiger partial charge on any atom is -0.318 e. The van der Waals surface area contributed by atoms with Gasteiger partial charge in [0.1, 0.15) is 0 Å². The average Bonchev–Trinajstić information content (AvgIpc) is 2.46. The molecule has 0 N–H and O–H groups in total. The lowest BCUT2D eigenvalue weighted by atomic mass is 9.85. The molecule has 0 aliphatic heterocycles. The maximum absolute atomic E-state index is 12.2. The lowest BCUT2D eigenvalue weighted by Crippen LogP contribution is -2.25. The second-order valence-electron chi connectivity index (χ2n) is 8.10. The number of hydrogen-bond donors (Lipinski definition) is 0. The predicted molar refractivity (Wildman–Crippen MR) is 105 cm³/mol. The molecule has 0 saturated carbocycles. The van der Waals surface area contributed by atoms with Gasteiger partial charge < -0.3 is 4.90 Å². The van der Waals surface area contributed by atoms with Gasteiger partial charge in [0.2, 0.25) is 0 Å². The number of rotatable bonds is 3. The van der Waals surface area contributed by atoms with Crippen LogP contribution in [0.15, 0.2) is 35.1 Å². The van der Waals surface area contributed by atoms with Crippen LogP contribution in [-0.4, -0.2) is 11.5 Å². The van der Waals surface area contributed by atoms with Gasteiger partial charge in [0, 0.05) is 23.2 Å². The third-order valence-electron chi connectivity index (χ3n) is 3.95. The highest BCUT2D eigenvalue weighted by Gasteiger charge is 2.24. The average molecular weight is 345 g/mol. The van der Waals surface area contributed by atoms with E-state index < -0.39 is 0 Å². The van der Waals surface area contributed by atoms with Gasteiger partial charge in [-0.2, -0.15) is 4.98 Å². The second kappa shape index (κ2) is 6.67. The van der Waals surface area contributed by atoms with Crippen molar-refractivity contribution in [3.05, 3.63) is 51.1 Å². The molecule has 3 nitrogen and oxygen atoms in total. The largest absolute Gasteiger partial charge is 0.318 e. The first-order valence-corrected chi connectivity index (χ1v) is 9.25. The molecule has 0 fully saturated rings. The van der Waals surface area contributed by atoms with Gasteiger partial charge in [-0.3, -0.25) is 4.79 Å². The second-order valence-corrected chi connectivity index (χ2v) is 9.11. The summed E-state index contributed by atoms with van der Waals surface area (Å²) in [5.41, 5.74) is 2.18. The minimum absolute atomic E-state index is 0.0244. The Morgan fingerprint density at radius 2 is 1.67 bits per heavy atom. The van der Waals surface area contributed by atoms with Gasteiger partial charge in [0.15, 0.2) is 5.13 Å². The zero-order valence-corrected chi connectivity index (χ0v) is 16.6. The third kappa shape index (κ3) is 4.04. The molecule has 1 aromatic carbocycles. The van der Waals surface area contributed by atoms with Crippen molar-refractivity contribution >= 4 is 22.2 Å². The Morgan fingerprint density at radius 3 is 2.21 bits per heavy atom. The van der Waals surface area contributed by atoms with Crippen LogP contribution < -0.4 is 10.5 Å². The fraction of sp³-hybridized carbons (Fsp3) is 0.500. The first kappa shape index (κ1) is 18.7. The molecule has 2 aromatic rings. The summed E-state index contributed by atoms with van der Waals surface area (Å²) in [4.78, 5) is 19.7. The van der Waals surface area contributed by atoms with Crippen molar-refractivity contribution in [1.29, 1.82) is 0 Å². The lowest BCUT2D eigenvalue weighted by molar-refractivity contribution is 0.589. The number of nitrogens with zero attached hydrogens (tertiary/aromatic N) is 2. The highest BCUT2D eigenvalue weighted by atomic mass is 32.1. The van der Waals surface area contributed by atoms with Gasteiger partial charge >= 0.3 is 0 Å². The highest BCUT2D eigenvalue weighted by Crippen LogP contribution is 2.37. The Balaban J connectivity index is 2.63. The summed E-state index contributed by atoms with van der Waals surface area (Å²) < 4.78 is 0. The van der Waals surface area contributed by atoms with Crippen LogP contribution in [0.2, 0.25) is 0 Å². The van der Waals surface area contributed by atoms with Crippen molar-refractivity contribution < 1.29 is 0 Å². The van der Waals surface area contributed by atoms with E-state index in [-0.39, 0.29) is 16.4 Å². The molecule has 0 atom stereocenters. The van der Waals surface area contributed by atoms with E-state index in [2.05, 4.69) is 76.5 Å². The van der Waals surface area contributed by atoms with Crippen LogP contribution in [-0.2, 0) is 10.8 Å². The SMILES string of the molecule is CCN(c1nc(=O)cc(C(C)(C)C)s1)c1ccccc1C(C)(C)C. The number of anilines is 2. The molecule has 2 rings (SSSR count). The first-order chi connectivity index (χ1) is 11.0. The zero-order valence-electron chi connectivity index (χ0n) is 15.8. The van der Waals surface area contributed by atoms with Gasteiger partial charge in [-0.15, -0.1) is 11.3 Å². The Bertz CT molecular complexity index is 766. The zero-order chi connectivity index (χ0) is 18.1. The summed E-state index contributed by atoms with van der Waals surface area (Å²) in [6.07, 6.45) is 0. The van der Waals surface area contributed by atoms with E-state index in [1.165, 1.54) is 5.56 Å². The fourth-order valence-corrected chi connectivity index (χ4v) is 3.76. The molecule has 0 aliphatic rings. The van der Waals surface area contributed by atoms with Crippen LogP contribution >= 0.6 is 11.3 Å². The van der Waals surface area contributed by atoms with E-state index in [4.69, 9.17) is 0 Å². The van der Waals surface area contributed by atoms with Crippen molar-refractivity contribution in [3.8, 4) is 0 Å². The molecular formula is C20H28N2OS. The van der Waals surface area contributed by atoms with Crippen LogP contribution in [0, 0.1) is 0 Å². The van der Waals surface area contributed by atoms with Crippen molar-refractivity contribution in [2.45, 2.75) is 59.3 Å². The van der Waals surface area contributed by atoms with Gasteiger partial charge in [0.05, 0.1) is 0 Å². The van der Waals surface area contributed by atoms with Gasteiger partial charge in [-0.05, 0) is 29.4 Å². The number of aromatic nitrogens is 1. The summed E-state index contributed by atoms with van der Waals surface area (Å²) in [6, 6.07) is 10.1. The highest BCUT2D eigenvalue weighted by molar-refractivity contribution is 7.15. The van der Waals surface area contributed by atoms with Gasteiger partial charge in [-0.1, -0.05) is 59.7 Å². The van der Waals surface area contributed by atoms with Crippen LogP contribution in [0.1, 0.15) is 58.9 Å². The summed E-state index contributed by atoms with van der Waals surface area (Å²) >= 11 is 1.61. The predicted octanol–water partition coefficient (Wildman–Crippen LogP) is 5.26. The standard InChI is InChI=1S/C20H28N2OS/c1-8-22(15-12-10-9-11-14(15)19(2,3)4)18-21-17(23)13-16(24-18)20(5,6)7/h9-13H,8H2,1-7H3. The Hall–Kier alpha value is -1.68. The van der Waals surface area contributed by atoms with Crippen LogP contribution in [0.5, 0.6) is 0 Å². The maximum Gasteiger partial charge on any atom is 0.273 e. The number of hydrogen-bond acceptors (Lipinski definition) is 4. The number of para-hydroxylation sites is 1. The summed E-state index contributed by atoms with van der Waals surface area (Å²) in [5.74, 6) is 0. The maximum atomic E-state index is 12.2. The van der Waals surface area contributed by atoms with E-state index in [1.807, 2.05) is 6.07 Å². The molecular weight excluding hydrogens is 316 g/mol. The summed E-state index contributed by atoms with van der Waals surface area (Å²) in [5, 5.41) is 0.770. The smallest absolute Gasteiger partial charge is 0.273 e. The summed E-state index contributed by atoms with van der Waals surface area (Å²) in [7, 11) is 0. The first-order valence-electron chi connectivity index (χ1n) is 8.43. The minimum atomic E-state index is -0.166. The third-order valence-corrected chi connectivity index (χ3v) is 5.40. The van der Waals surface area contributed by atoms with Crippen LogP contribution in [0.25, 0.3) is 0 Å². The van der Waals surface area contributed by atoms with Crippen molar-refractivity contribution in [2.24, 2.45) is 0 Å². The van der Waals surface area contributed by atoms with Crippen molar-refractivity contribution in [1.82, 2.24) is 4.98 Å². The molecule has 4 heteroatoms. The molecule has 24 heavy (non-hydrogen) atoms. The summed E-state index contributed by atoms with van der Waals surface area (Å²) in [6.45, 7) is 15.9. The normalized spacial score (nSPS) is 12.3. The van der Waals surface area contributed by atoms with E-state index in [0.29, 0.717) is 0 Å². The van der Waals surface area contributed by atoms with Crippen molar-refractivity contribution in [3.63, 3.8) is 0 Å². The Kier molecular flexibility index (Phi) is 5.19. The molecule has 0 saturated heterocycles. The van der Waals surface area contributed by atoms with Crippen LogP contribution in [0.4, 0.5) is 10.8 Å². The molecule has 0 bridgehead atoms. The lowest BCUT2D eigenvalue weighted by Gasteiger charge is -2.30. The molecule has 0 unspecified atom stereocenters. The van der Waals surface area contributed by atoms with Gasteiger partial charge in [-0.25, -0.2) is 0 Å². The van der Waals surface area contributed by atoms with Crippen LogP contribution in [0.3, 0.4) is 0 Å². The monoisotopic (exact) mass is 344 g/mol. The van der Waals surface area contributed by atoms with E-state index in [9.17, 15) is 4.79 Å². The fourth-order valence-electron chi connectivity index (χ4n) is 2.63. The van der Waals surface area contributed by atoms with E-state index >= 15 is 0 Å². The van der Waals surface area contributed by atoms with Crippen molar-refractivity contribution in [2.75, 3.05) is 11.4 Å². The molecule has 1 heterocycles. The Labute approximate surface area is 149 Å². The Morgan fingerprint density at radius 1 is 1.04 bits per heavy atom. The molecule has 0 radical (unpaired) electrons. The molecule has 0 amide bonds. The number of benzene rings is 1. The molecule has 0 aliphatic carbocycles. The molecule has 130 valence electrons. The topological polar surface area (TPSA) is 33.2 Å². The molecule has 0 spiro atoms. The molecule has 1 aromatic heterocycles. The quantitative estimate of drug-likeness (QED) is 0.762.